The molecule has 2 unspecified atom stereocenters. The highest BCUT2D eigenvalue weighted by molar-refractivity contribution is 5.37. The van der Waals surface area contributed by atoms with Crippen molar-refractivity contribution < 1.29 is 28.1 Å². The van der Waals surface area contributed by atoms with Gasteiger partial charge in [-0.25, -0.2) is 0 Å². The highest BCUT2D eigenvalue weighted by Gasteiger charge is 2.32. The van der Waals surface area contributed by atoms with E-state index in [-0.39, 0.29) is 17.9 Å². The quantitative estimate of drug-likeness (QED) is 0.761. The number of ether oxygens (including phenoxy) is 1. The SMILES string of the molecule is CNCC(O)C(O)c1cc(OC)cc(C(F)(F)F)c1. The molecule has 0 amide bonds. The molecule has 0 aromatic heterocycles. The van der Waals surface area contributed by atoms with Crippen LogP contribution in [0.25, 0.3) is 0 Å². The van der Waals surface area contributed by atoms with Gasteiger partial charge in [0, 0.05) is 6.54 Å². The Labute approximate surface area is 108 Å². The number of aliphatic hydroxyl groups excluding tert-OH is 2. The van der Waals surface area contributed by atoms with Gasteiger partial charge >= 0.3 is 6.18 Å². The number of hydrogen-bond acceptors (Lipinski definition) is 4. The molecule has 1 rings (SSSR count). The van der Waals surface area contributed by atoms with E-state index in [0.717, 1.165) is 12.1 Å². The molecule has 1 aromatic carbocycles. The second-order valence-corrected chi connectivity index (χ2v) is 4.06. The van der Waals surface area contributed by atoms with E-state index in [1.807, 2.05) is 0 Å². The molecule has 0 spiro atoms. The van der Waals surface area contributed by atoms with Crippen molar-refractivity contribution in [1.29, 1.82) is 0 Å². The monoisotopic (exact) mass is 279 g/mol. The van der Waals surface area contributed by atoms with Gasteiger partial charge in [-0.2, -0.15) is 13.2 Å². The maximum absolute atomic E-state index is 12.7. The van der Waals surface area contributed by atoms with E-state index in [2.05, 4.69) is 5.32 Å². The van der Waals surface area contributed by atoms with Crippen molar-refractivity contribution in [1.82, 2.24) is 5.32 Å². The Balaban J connectivity index is 3.13. The van der Waals surface area contributed by atoms with Gasteiger partial charge in [0.1, 0.15) is 11.9 Å². The van der Waals surface area contributed by atoms with Crippen molar-refractivity contribution in [2.45, 2.75) is 18.4 Å². The van der Waals surface area contributed by atoms with E-state index in [0.29, 0.717) is 0 Å². The van der Waals surface area contributed by atoms with Crippen LogP contribution in [0.2, 0.25) is 0 Å². The number of likely N-dealkylation sites (N-methyl/N-ethyl adjacent to an activating group) is 1. The summed E-state index contributed by atoms with van der Waals surface area (Å²) in [5, 5.41) is 22.0. The summed E-state index contributed by atoms with van der Waals surface area (Å²) in [6.45, 7) is 0.0553. The van der Waals surface area contributed by atoms with Crippen LogP contribution in [0.5, 0.6) is 5.75 Å². The van der Waals surface area contributed by atoms with Gasteiger partial charge in [-0.1, -0.05) is 0 Å². The fourth-order valence-corrected chi connectivity index (χ4v) is 1.62. The molecule has 7 heteroatoms. The Hall–Kier alpha value is -1.31. The first-order chi connectivity index (χ1) is 8.79. The molecular formula is C12H16F3NO3. The van der Waals surface area contributed by atoms with Crippen LogP contribution in [0.3, 0.4) is 0 Å². The molecule has 0 aliphatic carbocycles. The highest BCUT2D eigenvalue weighted by Crippen LogP contribution is 2.34. The maximum atomic E-state index is 12.7. The zero-order chi connectivity index (χ0) is 14.6. The molecule has 1 aromatic rings. The average Bonchev–Trinajstić information content (AvgIpc) is 2.36. The molecule has 4 nitrogen and oxygen atoms in total. The van der Waals surface area contributed by atoms with Gasteiger partial charge in [-0.15, -0.1) is 0 Å². The Morgan fingerprint density at radius 1 is 1.26 bits per heavy atom. The first kappa shape index (κ1) is 15.7. The molecule has 3 N–H and O–H groups in total. The molecule has 108 valence electrons. The second-order valence-electron chi connectivity index (χ2n) is 4.06. The summed E-state index contributed by atoms with van der Waals surface area (Å²) in [5.41, 5.74) is -0.980. The normalized spacial score (nSPS) is 15.1. The molecule has 0 aliphatic rings. The van der Waals surface area contributed by atoms with Gasteiger partial charge in [-0.3, -0.25) is 0 Å². The summed E-state index contributed by atoms with van der Waals surface area (Å²) in [4.78, 5) is 0. The van der Waals surface area contributed by atoms with Crippen molar-refractivity contribution in [3.63, 3.8) is 0 Å². The summed E-state index contributed by atoms with van der Waals surface area (Å²) in [6.07, 6.45) is -7.18. The van der Waals surface area contributed by atoms with Crippen LogP contribution < -0.4 is 10.1 Å². The van der Waals surface area contributed by atoms with E-state index in [4.69, 9.17) is 4.74 Å². The minimum atomic E-state index is -4.54. The number of methoxy groups -OCH3 is 1. The largest absolute Gasteiger partial charge is 0.497 e. The lowest BCUT2D eigenvalue weighted by Gasteiger charge is -2.20. The fraction of sp³-hybridized carbons (Fsp3) is 0.500. The third-order valence-corrected chi connectivity index (χ3v) is 2.61. The van der Waals surface area contributed by atoms with Gasteiger partial charge in [0.15, 0.2) is 0 Å². The molecular weight excluding hydrogens is 263 g/mol. The van der Waals surface area contributed by atoms with Crippen LogP contribution in [-0.4, -0.2) is 37.0 Å². The summed E-state index contributed by atoms with van der Waals surface area (Å²) < 4.78 is 42.8. The van der Waals surface area contributed by atoms with E-state index < -0.39 is 23.9 Å². The molecule has 0 radical (unpaired) electrons. The Morgan fingerprint density at radius 2 is 1.89 bits per heavy atom. The van der Waals surface area contributed by atoms with E-state index >= 15 is 0 Å². The average molecular weight is 279 g/mol. The molecule has 19 heavy (non-hydrogen) atoms. The van der Waals surface area contributed by atoms with Crippen molar-refractivity contribution in [2.75, 3.05) is 20.7 Å². The zero-order valence-electron chi connectivity index (χ0n) is 10.5. The van der Waals surface area contributed by atoms with Gasteiger partial charge in [0.2, 0.25) is 0 Å². The summed E-state index contributed by atoms with van der Waals surface area (Å²) >= 11 is 0. The van der Waals surface area contributed by atoms with Crippen LogP contribution in [0, 0.1) is 0 Å². The number of aliphatic hydroxyl groups is 2. The topological polar surface area (TPSA) is 61.7 Å². The molecule has 2 atom stereocenters. The maximum Gasteiger partial charge on any atom is 0.416 e. The second kappa shape index (κ2) is 6.23. The lowest BCUT2D eigenvalue weighted by atomic mass is 10.0. The number of rotatable bonds is 5. The summed E-state index contributed by atoms with van der Waals surface area (Å²) in [6, 6.07) is 2.89. The highest BCUT2D eigenvalue weighted by atomic mass is 19.4. The Bertz CT molecular complexity index is 423. The van der Waals surface area contributed by atoms with E-state index in [9.17, 15) is 23.4 Å². The fourth-order valence-electron chi connectivity index (χ4n) is 1.62. The minimum absolute atomic E-state index is 0.0273. The smallest absolute Gasteiger partial charge is 0.416 e. The first-order valence-electron chi connectivity index (χ1n) is 5.56. The van der Waals surface area contributed by atoms with Gasteiger partial charge in [-0.05, 0) is 30.8 Å². The van der Waals surface area contributed by atoms with Gasteiger partial charge < -0.3 is 20.3 Å². The number of hydrogen-bond donors (Lipinski definition) is 3. The van der Waals surface area contributed by atoms with Crippen LogP contribution in [-0.2, 0) is 6.18 Å². The molecule has 0 heterocycles. The minimum Gasteiger partial charge on any atom is -0.497 e. The number of alkyl halides is 3. The molecule has 0 bridgehead atoms. The number of benzene rings is 1. The van der Waals surface area contributed by atoms with E-state index in [1.54, 1.807) is 7.05 Å². The van der Waals surface area contributed by atoms with Gasteiger partial charge in [0.05, 0.1) is 18.8 Å². The first-order valence-corrected chi connectivity index (χ1v) is 5.56. The third kappa shape index (κ3) is 4.09. The van der Waals surface area contributed by atoms with Crippen LogP contribution in [0.15, 0.2) is 18.2 Å². The van der Waals surface area contributed by atoms with Crippen molar-refractivity contribution in [3.8, 4) is 5.75 Å². The van der Waals surface area contributed by atoms with Crippen LogP contribution >= 0.6 is 0 Å². The van der Waals surface area contributed by atoms with Gasteiger partial charge in [0.25, 0.3) is 0 Å². The van der Waals surface area contributed by atoms with E-state index in [1.165, 1.54) is 13.2 Å². The summed E-state index contributed by atoms with van der Waals surface area (Å²) in [7, 11) is 2.79. The van der Waals surface area contributed by atoms with Crippen molar-refractivity contribution in [3.05, 3.63) is 29.3 Å². The third-order valence-electron chi connectivity index (χ3n) is 2.61. The molecule has 0 saturated heterocycles. The predicted octanol–water partition coefficient (Wildman–Crippen LogP) is 1.33. The van der Waals surface area contributed by atoms with Crippen LogP contribution in [0.4, 0.5) is 13.2 Å². The lowest BCUT2D eigenvalue weighted by molar-refractivity contribution is -0.137. The molecule has 0 fully saturated rings. The standard InChI is InChI=1S/C12H16F3NO3/c1-16-6-10(17)11(18)7-3-8(12(13,14)15)5-9(4-7)19-2/h3-5,10-11,16-18H,6H2,1-2H3. The Morgan fingerprint density at radius 3 is 2.37 bits per heavy atom. The number of halogens is 3. The summed E-state index contributed by atoms with van der Waals surface area (Å²) in [5.74, 6) is -0.0273. The Kier molecular flexibility index (Phi) is 5.16. The molecule has 0 aliphatic heterocycles. The number of nitrogens with one attached hydrogen (secondary N) is 1. The lowest BCUT2D eigenvalue weighted by Crippen LogP contribution is -2.29. The van der Waals surface area contributed by atoms with Crippen LogP contribution in [0.1, 0.15) is 17.2 Å². The van der Waals surface area contributed by atoms with Crippen molar-refractivity contribution >= 4 is 0 Å². The zero-order valence-corrected chi connectivity index (χ0v) is 10.5. The predicted molar refractivity (Wildman–Crippen MR) is 62.9 cm³/mol. The molecule has 0 saturated carbocycles. The van der Waals surface area contributed by atoms with Crippen molar-refractivity contribution in [2.24, 2.45) is 0 Å².